The molecule has 0 amide bonds. The van der Waals surface area contributed by atoms with Gasteiger partial charge in [0.1, 0.15) is 0 Å². The fourth-order valence-electron chi connectivity index (χ4n) is 2.17. The first-order valence-electron chi connectivity index (χ1n) is 7.76. The lowest BCUT2D eigenvalue weighted by atomic mass is 10.2. The van der Waals surface area contributed by atoms with Crippen molar-refractivity contribution in [3.8, 4) is 0 Å². The molecule has 0 aliphatic heterocycles. The third-order valence-electron chi connectivity index (χ3n) is 3.44. The zero-order valence-corrected chi connectivity index (χ0v) is 15.7. The van der Waals surface area contributed by atoms with Crippen LogP contribution in [0.1, 0.15) is 18.9 Å². The Kier molecular flexibility index (Phi) is 6.17. The summed E-state index contributed by atoms with van der Waals surface area (Å²) >= 11 is 0. The molecule has 0 spiro atoms. The predicted molar refractivity (Wildman–Crippen MR) is 94.2 cm³/mol. The average Bonchev–Trinajstić information content (AvgIpc) is 2.59. The summed E-state index contributed by atoms with van der Waals surface area (Å²) in [5.41, 5.74) is -1.36. The number of nitrogens with one attached hydrogen (secondary N) is 2. The first kappa shape index (κ1) is 21.2. The molecule has 0 aliphatic rings. The molecule has 0 heterocycles. The zero-order chi connectivity index (χ0) is 20.3. The van der Waals surface area contributed by atoms with Crippen molar-refractivity contribution in [3.63, 3.8) is 0 Å². The highest BCUT2D eigenvalue weighted by atomic mass is 32.2. The van der Waals surface area contributed by atoms with Crippen LogP contribution in [0.15, 0.2) is 58.3 Å². The number of sulfonamides is 2. The van der Waals surface area contributed by atoms with E-state index in [9.17, 15) is 30.0 Å². The van der Waals surface area contributed by atoms with Gasteiger partial charge in [-0.2, -0.15) is 13.2 Å². The molecule has 0 bridgehead atoms. The van der Waals surface area contributed by atoms with E-state index in [1.54, 1.807) is 6.92 Å². The second kappa shape index (κ2) is 7.87. The molecule has 0 unspecified atom stereocenters. The summed E-state index contributed by atoms with van der Waals surface area (Å²) in [6, 6.07) is 8.42. The maximum atomic E-state index is 13.0. The van der Waals surface area contributed by atoms with E-state index in [1.165, 1.54) is 6.07 Å². The molecule has 2 aromatic carbocycles. The van der Waals surface area contributed by atoms with Crippen molar-refractivity contribution in [2.75, 3.05) is 11.3 Å². The highest BCUT2D eigenvalue weighted by molar-refractivity contribution is 7.92. The van der Waals surface area contributed by atoms with Crippen LogP contribution in [0, 0.1) is 0 Å². The fraction of sp³-hybridized carbons (Fsp3) is 0.250. The van der Waals surface area contributed by atoms with Gasteiger partial charge >= 0.3 is 6.18 Å². The Bertz CT molecular complexity index is 1000. The van der Waals surface area contributed by atoms with Crippen molar-refractivity contribution in [1.29, 1.82) is 0 Å². The Morgan fingerprint density at radius 3 is 2.04 bits per heavy atom. The highest BCUT2D eigenvalue weighted by Gasteiger charge is 2.36. The normalized spacial score (nSPS) is 12.7. The van der Waals surface area contributed by atoms with Crippen LogP contribution in [0.4, 0.5) is 18.9 Å². The quantitative estimate of drug-likeness (QED) is 0.717. The van der Waals surface area contributed by atoms with Crippen LogP contribution < -0.4 is 9.44 Å². The van der Waals surface area contributed by atoms with E-state index in [4.69, 9.17) is 0 Å². The molecule has 2 aromatic rings. The molecule has 0 radical (unpaired) electrons. The summed E-state index contributed by atoms with van der Waals surface area (Å²) in [7, 11) is -8.26. The van der Waals surface area contributed by atoms with Gasteiger partial charge in [-0.15, -0.1) is 0 Å². The first-order valence-corrected chi connectivity index (χ1v) is 10.7. The van der Waals surface area contributed by atoms with Gasteiger partial charge < -0.3 is 0 Å². The third-order valence-corrected chi connectivity index (χ3v) is 6.36. The van der Waals surface area contributed by atoms with Crippen molar-refractivity contribution < 1.29 is 30.0 Å². The molecular weight excluding hydrogens is 405 g/mol. The van der Waals surface area contributed by atoms with Gasteiger partial charge in [-0.1, -0.05) is 19.1 Å². The number of hydrogen-bond acceptors (Lipinski definition) is 4. The second-order valence-electron chi connectivity index (χ2n) is 5.52. The van der Waals surface area contributed by atoms with E-state index >= 15 is 0 Å². The van der Waals surface area contributed by atoms with Gasteiger partial charge in [0.05, 0.1) is 15.4 Å². The van der Waals surface area contributed by atoms with E-state index in [0.717, 1.165) is 36.4 Å². The number of benzene rings is 2. The molecule has 0 atom stereocenters. The van der Waals surface area contributed by atoms with E-state index in [1.807, 2.05) is 4.72 Å². The lowest BCUT2D eigenvalue weighted by Gasteiger charge is -2.14. The van der Waals surface area contributed by atoms with Crippen LogP contribution in [0.25, 0.3) is 0 Å². The molecule has 27 heavy (non-hydrogen) atoms. The Balaban J connectivity index is 2.30. The molecule has 0 saturated heterocycles. The van der Waals surface area contributed by atoms with Crippen LogP contribution in [0.5, 0.6) is 0 Å². The summed E-state index contributed by atoms with van der Waals surface area (Å²) in [5, 5.41) is 0. The number of halogens is 3. The molecule has 2 rings (SSSR count). The SMILES string of the molecule is CCCNS(=O)(=O)c1ccc(NS(=O)(=O)c2ccccc2C(F)(F)F)cc1. The number of anilines is 1. The molecule has 0 saturated carbocycles. The summed E-state index contributed by atoms with van der Waals surface area (Å²) in [6.45, 7) is 2.03. The van der Waals surface area contributed by atoms with E-state index in [-0.39, 0.29) is 17.1 Å². The fourth-order valence-corrected chi connectivity index (χ4v) is 4.59. The lowest BCUT2D eigenvalue weighted by molar-refractivity contribution is -0.139. The molecular formula is C16H17F3N2O4S2. The van der Waals surface area contributed by atoms with Gasteiger partial charge in [0, 0.05) is 12.2 Å². The van der Waals surface area contributed by atoms with Crippen molar-refractivity contribution in [1.82, 2.24) is 4.72 Å². The zero-order valence-electron chi connectivity index (χ0n) is 14.1. The van der Waals surface area contributed by atoms with Crippen molar-refractivity contribution in [2.45, 2.75) is 29.3 Å². The molecule has 0 aromatic heterocycles. The predicted octanol–water partition coefficient (Wildman–Crippen LogP) is 3.19. The minimum atomic E-state index is -4.84. The van der Waals surface area contributed by atoms with Crippen LogP contribution in [0.2, 0.25) is 0 Å². The second-order valence-corrected chi connectivity index (χ2v) is 8.94. The summed E-state index contributed by atoms with van der Waals surface area (Å²) in [4.78, 5) is -1.01. The summed E-state index contributed by atoms with van der Waals surface area (Å²) < 4.78 is 92.2. The Morgan fingerprint density at radius 2 is 1.48 bits per heavy atom. The minimum absolute atomic E-state index is 0.0681. The lowest BCUT2D eigenvalue weighted by Crippen LogP contribution is -2.24. The van der Waals surface area contributed by atoms with Gasteiger partial charge in [-0.3, -0.25) is 4.72 Å². The number of rotatable bonds is 7. The maximum Gasteiger partial charge on any atom is 0.417 e. The van der Waals surface area contributed by atoms with Gasteiger partial charge in [0.15, 0.2) is 0 Å². The van der Waals surface area contributed by atoms with Crippen LogP contribution in [-0.2, 0) is 26.2 Å². The van der Waals surface area contributed by atoms with Crippen molar-refractivity contribution >= 4 is 25.7 Å². The van der Waals surface area contributed by atoms with Crippen LogP contribution in [-0.4, -0.2) is 23.4 Å². The average molecular weight is 422 g/mol. The highest BCUT2D eigenvalue weighted by Crippen LogP contribution is 2.34. The molecule has 0 aliphatic carbocycles. The Labute approximate surface area is 155 Å². The third kappa shape index (κ3) is 5.21. The van der Waals surface area contributed by atoms with E-state index in [0.29, 0.717) is 12.5 Å². The van der Waals surface area contributed by atoms with Crippen molar-refractivity contribution in [3.05, 3.63) is 54.1 Å². The summed E-state index contributed by atoms with van der Waals surface area (Å²) in [5.74, 6) is 0. The summed E-state index contributed by atoms with van der Waals surface area (Å²) in [6.07, 6.45) is -4.25. The first-order chi connectivity index (χ1) is 12.5. The Morgan fingerprint density at radius 1 is 0.889 bits per heavy atom. The van der Waals surface area contributed by atoms with Gasteiger partial charge in [0.25, 0.3) is 10.0 Å². The Hall–Kier alpha value is -2.11. The maximum absolute atomic E-state index is 13.0. The number of hydrogen-bond donors (Lipinski definition) is 2. The van der Waals surface area contributed by atoms with E-state index < -0.39 is 36.7 Å². The largest absolute Gasteiger partial charge is 0.417 e. The van der Waals surface area contributed by atoms with Gasteiger partial charge in [-0.05, 0) is 42.8 Å². The topological polar surface area (TPSA) is 92.3 Å². The van der Waals surface area contributed by atoms with Gasteiger partial charge in [0.2, 0.25) is 10.0 Å². The van der Waals surface area contributed by atoms with Crippen LogP contribution >= 0.6 is 0 Å². The standard InChI is InChI=1S/C16H17F3N2O4S2/c1-2-11-20-26(22,23)13-9-7-12(8-10-13)21-27(24,25)15-6-4-3-5-14(15)16(17,18)19/h3-10,20-21H,2,11H2,1H3. The van der Waals surface area contributed by atoms with Gasteiger partial charge in [-0.25, -0.2) is 21.6 Å². The molecule has 148 valence electrons. The monoisotopic (exact) mass is 422 g/mol. The van der Waals surface area contributed by atoms with Crippen LogP contribution in [0.3, 0.4) is 0 Å². The van der Waals surface area contributed by atoms with E-state index in [2.05, 4.69) is 4.72 Å². The molecule has 2 N–H and O–H groups in total. The minimum Gasteiger partial charge on any atom is -0.280 e. The smallest absolute Gasteiger partial charge is 0.280 e. The molecule has 0 fully saturated rings. The van der Waals surface area contributed by atoms with Crippen molar-refractivity contribution in [2.24, 2.45) is 0 Å². The molecule has 11 heteroatoms. The molecule has 6 nitrogen and oxygen atoms in total. The number of alkyl halides is 3.